The highest BCUT2D eigenvalue weighted by atomic mass is 32.2. The van der Waals surface area contributed by atoms with E-state index in [1.54, 1.807) is 18.7 Å². The van der Waals surface area contributed by atoms with Gasteiger partial charge in [-0.05, 0) is 38.9 Å². The summed E-state index contributed by atoms with van der Waals surface area (Å²) in [6.07, 6.45) is 3.03. The van der Waals surface area contributed by atoms with Gasteiger partial charge in [-0.1, -0.05) is 13.3 Å². The fraction of sp³-hybridized carbons (Fsp3) is 0.833. The first-order chi connectivity index (χ1) is 7.84. The molecule has 2 unspecified atom stereocenters. The lowest BCUT2D eigenvalue weighted by molar-refractivity contribution is -0.147. The molecular formula is C12H21NO3S. The number of hydrogen-bond acceptors (Lipinski definition) is 3. The maximum absolute atomic E-state index is 12.2. The van der Waals surface area contributed by atoms with Gasteiger partial charge in [-0.3, -0.25) is 4.79 Å². The molecule has 1 aliphatic rings. The third-order valence-corrected chi connectivity index (χ3v) is 4.83. The molecule has 2 N–H and O–H groups in total. The maximum Gasteiger partial charge on any atom is 0.329 e. The molecule has 0 aromatic heterocycles. The zero-order chi connectivity index (χ0) is 13.1. The smallest absolute Gasteiger partial charge is 0.329 e. The number of carbonyl (C=O) groups excluding carboxylic acids is 1. The molecule has 4 nitrogen and oxygen atoms in total. The standard InChI is InChI=1S/C12H21NO3S/c1-4-6-11(2,10(15)16)13-9(14)12(3)7-5-8-17-12/h4-8H2,1-3H3,(H,13,14)(H,15,16). The third kappa shape index (κ3) is 3.15. The van der Waals surface area contributed by atoms with Gasteiger partial charge in [0.05, 0.1) is 4.75 Å². The molecule has 0 aliphatic carbocycles. The summed E-state index contributed by atoms with van der Waals surface area (Å²) in [5.74, 6) is -0.126. The number of amides is 1. The molecule has 5 heteroatoms. The molecule has 0 radical (unpaired) electrons. The molecule has 17 heavy (non-hydrogen) atoms. The van der Waals surface area contributed by atoms with Crippen molar-refractivity contribution in [3.05, 3.63) is 0 Å². The van der Waals surface area contributed by atoms with Gasteiger partial charge in [0.1, 0.15) is 5.54 Å². The summed E-state index contributed by atoms with van der Waals surface area (Å²) in [4.78, 5) is 23.4. The van der Waals surface area contributed by atoms with E-state index in [2.05, 4.69) is 5.32 Å². The average Bonchev–Trinajstić information content (AvgIpc) is 2.66. The number of carbonyl (C=O) groups is 2. The summed E-state index contributed by atoms with van der Waals surface area (Å²) in [5, 5.41) is 11.9. The number of carboxylic acids is 1. The van der Waals surface area contributed by atoms with Crippen LogP contribution in [0.5, 0.6) is 0 Å². The molecule has 0 aromatic carbocycles. The summed E-state index contributed by atoms with van der Waals surface area (Å²) >= 11 is 1.62. The quantitative estimate of drug-likeness (QED) is 0.793. The summed E-state index contributed by atoms with van der Waals surface area (Å²) in [7, 11) is 0. The number of aliphatic carboxylic acids is 1. The van der Waals surface area contributed by atoms with Gasteiger partial charge in [0.2, 0.25) is 5.91 Å². The topological polar surface area (TPSA) is 66.4 Å². The van der Waals surface area contributed by atoms with E-state index >= 15 is 0 Å². The first-order valence-corrected chi connectivity index (χ1v) is 7.02. The Morgan fingerprint density at radius 3 is 2.59 bits per heavy atom. The van der Waals surface area contributed by atoms with Gasteiger partial charge >= 0.3 is 5.97 Å². The Balaban J connectivity index is 2.74. The van der Waals surface area contributed by atoms with Crippen molar-refractivity contribution in [2.75, 3.05) is 5.75 Å². The molecule has 98 valence electrons. The number of carboxylic acid groups (broad SMARTS) is 1. The number of rotatable bonds is 5. The normalized spacial score (nSPS) is 27.5. The van der Waals surface area contributed by atoms with Gasteiger partial charge in [0.25, 0.3) is 0 Å². The second kappa shape index (κ2) is 5.29. The van der Waals surface area contributed by atoms with Crippen LogP contribution >= 0.6 is 11.8 Å². The summed E-state index contributed by atoms with van der Waals surface area (Å²) in [6.45, 7) is 5.40. The SMILES string of the molecule is CCCC(C)(NC(=O)C1(C)CCCS1)C(=O)O. The van der Waals surface area contributed by atoms with Gasteiger partial charge in [-0.15, -0.1) is 11.8 Å². The summed E-state index contributed by atoms with van der Waals surface area (Å²) < 4.78 is -0.454. The van der Waals surface area contributed by atoms with Gasteiger partial charge in [0.15, 0.2) is 0 Å². The van der Waals surface area contributed by atoms with Crippen LogP contribution < -0.4 is 5.32 Å². The molecule has 0 saturated carbocycles. The van der Waals surface area contributed by atoms with Crippen molar-refractivity contribution in [2.45, 2.75) is 56.7 Å². The van der Waals surface area contributed by atoms with Crippen LogP contribution in [0, 0.1) is 0 Å². The molecule has 2 atom stereocenters. The molecule has 1 fully saturated rings. The second-order valence-electron chi connectivity index (χ2n) is 5.02. The zero-order valence-corrected chi connectivity index (χ0v) is 11.5. The van der Waals surface area contributed by atoms with Crippen molar-refractivity contribution in [3.63, 3.8) is 0 Å². The van der Waals surface area contributed by atoms with Gasteiger partial charge in [0, 0.05) is 0 Å². The lowest BCUT2D eigenvalue weighted by Gasteiger charge is -2.31. The van der Waals surface area contributed by atoms with Crippen molar-refractivity contribution >= 4 is 23.6 Å². The van der Waals surface area contributed by atoms with Crippen molar-refractivity contribution in [1.29, 1.82) is 0 Å². The number of nitrogens with one attached hydrogen (secondary N) is 1. The van der Waals surface area contributed by atoms with Gasteiger partial charge < -0.3 is 10.4 Å². The number of thioether (sulfide) groups is 1. The molecule has 0 spiro atoms. The van der Waals surface area contributed by atoms with E-state index in [4.69, 9.17) is 0 Å². The molecule has 1 rings (SSSR count). The highest BCUT2D eigenvalue weighted by molar-refractivity contribution is 8.01. The molecule has 0 bridgehead atoms. The highest BCUT2D eigenvalue weighted by Gasteiger charge is 2.42. The van der Waals surface area contributed by atoms with Gasteiger partial charge in [-0.25, -0.2) is 4.79 Å². The molecule has 0 aromatic rings. The van der Waals surface area contributed by atoms with E-state index in [0.29, 0.717) is 6.42 Å². The lowest BCUT2D eigenvalue weighted by atomic mass is 9.94. The van der Waals surface area contributed by atoms with Crippen molar-refractivity contribution in [1.82, 2.24) is 5.32 Å². The van der Waals surface area contributed by atoms with Gasteiger partial charge in [-0.2, -0.15) is 0 Å². The Bertz CT molecular complexity index is 313. The first-order valence-electron chi connectivity index (χ1n) is 6.04. The van der Waals surface area contributed by atoms with Crippen LogP contribution in [0.3, 0.4) is 0 Å². The van der Waals surface area contributed by atoms with E-state index in [0.717, 1.165) is 25.0 Å². The summed E-state index contributed by atoms with van der Waals surface area (Å²) in [6, 6.07) is 0. The molecular weight excluding hydrogens is 238 g/mol. The highest BCUT2D eigenvalue weighted by Crippen LogP contribution is 2.38. The van der Waals surface area contributed by atoms with E-state index in [9.17, 15) is 14.7 Å². The predicted octanol–water partition coefficient (Wildman–Crippen LogP) is 2.03. The largest absolute Gasteiger partial charge is 0.480 e. The van der Waals surface area contributed by atoms with Crippen molar-refractivity contribution < 1.29 is 14.7 Å². The first kappa shape index (κ1) is 14.4. The fourth-order valence-corrected chi connectivity index (χ4v) is 3.27. The monoisotopic (exact) mass is 259 g/mol. The minimum atomic E-state index is -1.14. The minimum absolute atomic E-state index is 0.140. The van der Waals surface area contributed by atoms with E-state index in [-0.39, 0.29) is 5.91 Å². The second-order valence-corrected chi connectivity index (χ2v) is 6.62. The van der Waals surface area contributed by atoms with Crippen molar-refractivity contribution in [3.8, 4) is 0 Å². The molecule has 1 amide bonds. The maximum atomic E-state index is 12.2. The van der Waals surface area contributed by atoms with Crippen LogP contribution in [-0.2, 0) is 9.59 Å². The Kier molecular flexibility index (Phi) is 4.47. The van der Waals surface area contributed by atoms with Crippen LogP contribution in [0.15, 0.2) is 0 Å². The van der Waals surface area contributed by atoms with E-state index in [1.807, 2.05) is 13.8 Å². The molecule has 1 heterocycles. The third-order valence-electron chi connectivity index (χ3n) is 3.31. The number of hydrogen-bond donors (Lipinski definition) is 2. The Morgan fingerprint density at radius 2 is 2.18 bits per heavy atom. The van der Waals surface area contributed by atoms with E-state index < -0.39 is 16.3 Å². The molecule has 1 saturated heterocycles. The summed E-state index contributed by atoms with van der Waals surface area (Å²) in [5.41, 5.74) is -1.14. The van der Waals surface area contributed by atoms with E-state index in [1.165, 1.54) is 0 Å². The average molecular weight is 259 g/mol. The van der Waals surface area contributed by atoms with Crippen molar-refractivity contribution in [2.24, 2.45) is 0 Å². The Labute approximate surface area is 107 Å². The lowest BCUT2D eigenvalue weighted by Crippen LogP contribution is -2.56. The Morgan fingerprint density at radius 1 is 1.53 bits per heavy atom. The predicted molar refractivity (Wildman–Crippen MR) is 69.2 cm³/mol. The minimum Gasteiger partial charge on any atom is -0.480 e. The zero-order valence-electron chi connectivity index (χ0n) is 10.7. The Hall–Kier alpha value is -0.710. The van der Waals surface area contributed by atoms with Crippen LogP contribution in [0.1, 0.15) is 46.5 Å². The van der Waals surface area contributed by atoms with Crippen LogP contribution in [0.25, 0.3) is 0 Å². The molecule has 1 aliphatic heterocycles. The van der Waals surface area contributed by atoms with Crippen LogP contribution in [-0.4, -0.2) is 33.0 Å². The fourth-order valence-electron chi connectivity index (χ4n) is 2.06. The van der Waals surface area contributed by atoms with Crippen LogP contribution in [0.2, 0.25) is 0 Å². The van der Waals surface area contributed by atoms with Crippen LogP contribution in [0.4, 0.5) is 0 Å².